The summed E-state index contributed by atoms with van der Waals surface area (Å²) >= 11 is 1.40. The average molecular weight is 219 g/mol. The zero-order valence-electron chi connectivity index (χ0n) is 7.61. The van der Waals surface area contributed by atoms with Crippen LogP contribution in [0.25, 0.3) is 0 Å². The summed E-state index contributed by atoms with van der Waals surface area (Å²) in [6.45, 7) is 1.97. The smallest absolute Gasteiger partial charge is 0.184 e. The van der Waals surface area contributed by atoms with Gasteiger partial charge >= 0.3 is 0 Å². The first kappa shape index (κ1) is 10.5. The Morgan fingerprint density at radius 1 is 1.85 bits per heavy atom. The summed E-state index contributed by atoms with van der Waals surface area (Å²) in [4.78, 5) is 4.05. The quantitative estimate of drug-likeness (QED) is 0.789. The third-order valence-corrected chi connectivity index (χ3v) is 3.11. The second-order valence-corrected chi connectivity index (χ2v) is 5.39. The molecule has 0 bridgehead atoms. The third-order valence-electron chi connectivity index (χ3n) is 1.38. The Hall–Kier alpha value is -0.620. The molecule has 4 nitrogen and oxygen atoms in total. The summed E-state index contributed by atoms with van der Waals surface area (Å²) in [5, 5.41) is 4.60. The van der Waals surface area contributed by atoms with E-state index in [0.717, 1.165) is 5.13 Å². The normalized spacial score (nSPS) is 15.2. The Morgan fingerprint density at radius 2 is 2.54 bits per heavy atom. The molecule has 2 unspecified atom stereocenters. The van der Waals surface area contributed by atoms with Crippen molar-refractivity contribution >= 4 is 32.3 Å². The number of hydrogen-bond donors (Lipinski definition) is 2. The maximum Gasteiger partial charge on any atom is 0.184 e. The first-order valence-electron chi connectivity index (χ1n) is 3.86. The Morgan fingerprint density at radius 3 is 3.00 bits per heavy atom. The van der Waals surface area contributed by atoms with E-state index in [0.29, 0.717) is 10.8 Å². The minimum Gasteiger partial charge on any atom is -0.389 e. The predicted octanol–water partition coefficient (Wildman–Crippen LogP) is 0.904. The third kappa shape index (κ3) is 3.73. The molecule has 0 saturated carbocycles. The molecule has 0 aliphatic heterocycles. The number of hydrogen-bond acceptors (Lipinski definition) is 5. The van der Waals surface area contributed by atoms with Crippen LogP contribution in [0.15, 0.2) is 6.20 Å². The van der Waals surface area contributed by atoms with Gasteiger partial charge in [-0.05, 0) is 6.92 Å². The van der Waals surface area contributed by atoms with Crippen molar-refractivity contribution in [1.82, 2.24) is 4.98 Å². The Bertz CT molecular complexity index is 300. The highest BCUT2D eigenvalue weighted by Crippen LogP contribution is 2.20. The molecule has 74 valence electrons. The largest absolute Gasteiger partial charge is 0.389 e. The van der Waals surface area contributed by atoms with Gasteiger partial charge in [0.1, 0.15) is 5.00 Å². The fraction of sp³-hybridized carbons (Fsp3) is 0.571. The van der Waals surface area contributed by atoms with E-state index >= 15 is 0 Å². The molecule has 1 heterocycles. The molecule has 0 aliphatic carbocycles. The molecule has 1 aromatic heterocycles. The van der Waals surface area contributed by atoms with Gasteiger partial charge in [0, 0.05) is 28.9 Å². The number of nitrogens with one attached hydrogen (secondary N) is 1. The van der Waals surface area contributed by atoms with E-state index in [1.807, 2.05) is 6.92 Å². The molecule has 0 radical (unpaired) electrons. The molecular weight excluding hydrogens is 206 g/mol. The van der Waals surface area contributed by atoms with E-state index in [-0.39, 0.29) is 6.04 Å². The Labute approximate surface area is 84.0 Å². The van der Waals surface area contributed by atoms with Gasteiger partial charge in [0.25, 0.3) is 0 Å². The molecule has 0 amide bonds. The monoisotopic (exact) mass is 219 g/mol. The molecule has 1 rings (SSSR count). The van der Waals surface area contributed by atoms with Crippen LogP contribution >= 0.6 is 11.3 Å². The predicted molar refractivity (Wildman–Crippen MR) is 58.5 cm³/mol. The summed E-state index contributed by atoms with van der Waals surface area (Å²) in [5.41, 5.74) is 5.51. The van der Waals surface area contributed by atoms with Crippen LogP contribution in [0.3, 0.4) is 0 Å². The SMILES string of the molecule is CC(CS(C)=O)Nc1ncc(N)s1. The highest BCUT2D eigenvalue weighted by Gasteiger charge is 2.06. The van der Waals surface area contributed by atoms with Crippen LogP contribution in [-0.2, 0) is 10.8 Å². The van der Waals surface area contributed by atoms with Crippen molar-refractivity contribution in [3.05, 3.63) is 6.20 Å². The van der Waals surface area contributed by atoms with Gasteiger partial charge in [0.15, 0.2) is 5.13 Å². The first-order chi connectivity index (χ1) is 6.08. The number of thiazole rings is 1. The van der Waals surface area contributed by atoms with Gasteiger partial charge < -0.3 is 11.1 Å². The van der Waals surface area contributed by atoms with Crippen molar-refractivity contribution in [3.8, 4) is 0 Å². The number of nitrogens with zero attached hydrogens (tertiary/aromatic N) is 1. The van der Waals surface area contributed by atoms with Crippen LogP contribution in [0.2, 0.25) is 0 Å². The van der Waals surface area contributed by atoms with Crippen LogP contribution in [0.4, 0.5) is 10.1 Å². The molecule has 3 N–H and O–H groups in total. The van der Waals surface area contributed by atoms with Gasteiger partial charge in [-0.1, -0.05) is 11.3 Å². The van der Waals surface area contributed by atoms with Gasteiger partial charge in [-0.25, -0.2) is 4.98 Å². The van der Waals surface area contributed by atoms with E-state index in [4.69, 9.17) is 5.73 Å². The average Bonchev–Trinajstić information content (AvgIpc) is 2.33. The lowest BCUT2D eigenvalue weighted by atomic mass is 10.4. The van der Waals surface area contributed by atoms with Crippen LogP contribution in [0, 0.1) is 0 Å². The van der Waals surface area contributed by atoms with Crippen LogP contribution < -0.4 is 11.1 Å². The van der Waals surface area contributed by atoms with E-state index in [1.54, 1.807) is 12.5 Å². The second kappa shape index (κ2) is 4.57. The lowest BCUT2D eigenvalue weighted by molar-refractivity contribution is 0.683. The molecule has 0 spiro atoms. The first-order valence-corrected chi connectivity index (χ1v) is 6.40. The minimum absolute atomic E-state index is 0.163. The Kier molecular flexibility index (Phi) is 3.68. The summed E-state index contributed by atoms with van der Waals surface area (Å²) in [6, 6.07) is 0.163. The number of nitrogen functional groups attached to an aromatic ring is 1. The maximum absolute atomic E-state index is 10.9. The van der Waals surface area contributed by atoms with Crippen LogP contribution in [0.5, 0.6) is 0 Å². The highest BCUT2D eigenvalue weighted by molar-refractivity contribution is 7.84. The molecule has 1 aromatic rings. The van der Waals surface area contributed by atoms with Gasteiger partial charge in [-0.15, -0.1) is 0 Å². The van der Waals surface area contributed by atoms with Crippen LogP contribution in [0.1, 0.15) is 6.92 Å². The van der Waals surface area contributed by atoms with Gasteiger partial charge in [-0.2, -0.15) is 0 Å². The molecule has 0 saturated heterocycles. The Balaban J connectivity index is 2.44. The lowest BCUT2D eigenvalue weighted by Crippen LogP contribution is -2.21. The standard InChI is InChI=1S/C7H13N3OS2/c1-5(4-13(2)11)10-7-9-3-6(8)12-7/h3,5H,4,8H2,1-2H3,(H,9,10). The van der Waals surface area contributed by atoms with Gasteiger partial charge in [0.05, 0.1) is 6.20 Å². The van der Waals surface area contributed by atoms with E-state index < -0.39 is 10.8 Å². The molecular formula is C7H13N3OS2. The lowest BCUT2D eigenvalue weighted by Gasteiger charge is -2.09. The second-order valence-electron chi connectivity index (χ2n) is 2.85. The molecule has 13 heavy (non-hydrogen) atoms. The summed E-state index contributed by atoms with van der Waals surface area (Å²) in [6.07, 6.45) is 3.30. The fourth-order valence-electron chi connectivity index (χ4n) is 0.958. The molecule has 0 fully saturated rings. The molecule has 0 aromatic carbocycles. The van der Waals surface area contributed by atoms with E-state index in [9.17, 15) is 4.21 Å². The minimum atomic E-state index is -0.779. The van der Waals surface area contributed by atoms with Crippen molar-refractivity contribution in [1.29, 1.82) is 0 Å². The maximum atomic E-state index is 10.9. The van der Waals surface area contributed by atoms with E-state index in [1.165, 1.54) is 11.3 Å². The van der Waals surface area contributed by atoms with Crippen molar-refractivity contribution in [2.24, 2.45) is 0 Å². The van der Waals surface area contributed by atoms with E-state index in [2.05, 4.69) is 10.3 Å². The van der Waals surface area contributed by atoms with Gasteiger partial charge in [0.2, 0.25) is 0 Å². The summed E-state index contributed by atoms with van der Waals surface area (Å²) in [5.74, 6) is 0.624. The van der Waals surface area contributed by atoms with Crippen molar-refractivity contribution in [2.45, 2.75) is 13.0 Å². The number of rotatable bonds is 4. The zero-order valence-corrected chi connectivity index (χ0v) is 9.24. The van der Waals surface area contributed by atoms with Crippen molar-refractivity contribution < 1.29 is 4.21 Å². The van der Waals surface area contributed by atoms with Crippen LogP contribution in [-0.4, -0.2) is 27.2 Å². The van der Waals surface area contributed by atoms with Gasteiger partial charge in [-0.3, -0.25) is 4.21 Å². The summed E-state index contributed by atoms with van der Waals surface area (Å²) in [7, 11) is -0.779. The fourth-order valence-corrected chi connectivity index (χ4v) is 2.44. The molecule has 0 aliphatic rings. The number of anilines is 2. The molecule has 6 heteroatoms. The van der Waals surface area contributed by atoms with Crippen molar-refractivity contribution in [3.63, 3.8) is 0 Å². The topological polar surface area (TPSA) is 68.0 Å². The zero-order chi connectivity index (χ0) is 9.84. The van der Waals surface area contributed by atoms with Crippen molar-refractivity contribution in [2.75, 3.05) is 23.1 Å². The highest BCUT2D eigenvalue weighted by atomic mass is 32.2. The number of nitrogens with two attached hydrogens (primary N) is 1. The number of aromatic nitrogens is 1. The molecule has 2 atom stereocenters. The summed E-state index contributed by atoms with van der Waals surface area (Å²) < 4.78 is 10.9.